The van der Waals surface area contributed by atoms with Crippen LogP contribution in [0.15, 0.2) is 42.3 Å². The molecule has 1 unspecified atom stereocenters. The molecule has 0 bridgehead atoms. The Hall–Kier alpha value is -1.61. The standard InChI is InChI=1S/C16H18O2S/c1-4-16(3,15(17)18-5-2)10-12-11-19-14-9-7-6-8-13(12)14/h4,6-9,11H,1,5,10H2,2-3H3. The minimum absolute atomic E-state index is 0.208. The fraction of sp³-hybridized carbons (Fsp3) is 0.312. The molecule has 2 aromatic rings. The molecule has 0 amide bonds. The molecule has 100 valence electrons. The number of hydrogen-bond acceptors (Lipinski definition) is 3. The highest BCUT2D eigenvalue weighted by Crippen LogP contribution is 2.33. The van der Waals surface area contributed by atoms with Gasteiger partial charge in [0.05, 0.1) is 12.0 Å². The highest BCUT2D eigenvalue weighted by atomic mass is 32.1. The van der Waals surface area contributed by atoms with Crippen LogP contribution in [-0.4, -0.2) is 12.6 Å². The third-order valence-electron chi connectivity index (χ3n) is 3.31. The monoisotopic (exact) mass is 274 g/mol. The van der Waals surface area contributed by atoms with Crippen LogP contribution >= 0.6 is 11.3 Å². The van der Waals surface area contributed by atoms with E-state index in [-0.39, 0.29) is 5.97 Å². The van der Waals surface area contributed by atoms with Gasteiger partial charge in [-0.2, -0.15) is 0 Å². The van der Waals surface area contributed by atoms with Crippen LogP contribution in [0, 0.1) is 5.41 Å². The van der Waals surface area contributed by atoms with Gasteiger partial charge in [0.25, 0.3) is 0 Å². The average molecular weight is 274 g/mol. The zero-order valence-corrected chi connectivity index (χ0v) is 12.1. The van der Waals surface area contributed by atoms with E-state index in [1.165, 1.54) is 15.6 Å². The first-order valence-corrected chi connectivity index (χ1v) is 7.24. The van der Waals surface area contributed by atoms with Gasteiger partial charge in [0.1, 0.15) is 0 Å². The van der Waals surface area contributed by atoms with Crippen LogP contribution in [0.25, 0.3) is 10.1 Å². The lowest BCUT2D eigenvalue weighted by molar-refractivity contribution is -0.151. The Morgan fingerprint density at radius 2 is 2.21 bits per heavy atom. The predicted octanol–water partition coefficient (Wildman–Crippen LogP) is 4.20. The SMILES string of the molecule is C=CC(C)(Cc1csc2ccccc12)C(=O)OCC. The Morgan fingerprint density at radius 3 is 2.89 bits per heavy atom. The quantitative estimate of drug-likeness (QED) is 0.603. The van der Waals surface area contributed by atoms with E-state index in [0.29, 0.717) is 13.0 Å². The van der Waals surface area contributed by atoms with Crippen molar-refractivity contribution in [3.05, 3.63) is 47.9 Å². The van der Waals surface area contributed by atoms with Crippen LogP contribution in [0.3, 0.4) is 0 Å². The average Bonchev–Trinajstić information content (AvgIpc) is 2.82. The molecule has 0 fully saturated rings. The van der Waals surface area contributed by atoms with E-state index in [9.17, 15) is 4.79 Å². The first-order chi connectivity index (χ1) is 9.10. The predicted molar refractivity (Wildman–Crippen MR) is 80.5 cm³/mol. The summed E-state index contributed by atoms with van der Waals surface area (Å²) in [6.45, 7) is 7.89. The number of fused-ring (bicyclic) bond motifs is 1. The van der Waals surface area contributed by atoms with E-state index in [0.717, 1.165) is 0 Å². The summed E-state index contributed by atoms with van der Waals surface area (Å²) in [4.78, 5) is 12.1. The number of hydrogen-bond donors (Lipinski definition) is 0. The number of rotatable bonds is 5. The van der Waals surface area contributed by atoms with E-state index in [1.54, 1.807) is 17.4 Å². The van der Waals surface area contributed by atoms with Crippen molar-refractivity contribution in [1.29, 1.82) is 0 Å². The zero-order valence-electron chi connectivity index (χ0n) is 11.3. The van der Waals surface area contributed by atoms with Gasteiger partial charge in [0, 0.05) is 4.70 Å². The first-order valence-electron chi connectivity index (χ1n) is 6.36. The van der Waals surface area contributed by atoms with Gasteiger partial charge in [0.15, 0.2) is 0 Å². The van der Waals surface area contributed by atoms with E-state index in [1.807, 2.05) is 26.0 Å². The number of ether oxygens (including phenoxy) is 1. The summed E-state index contributed by atoms with van der Waals surface area (Å²) in [5.74, 6) is -0.208. The maximum Gasteiger partial charge on any atom is 0.315 e. The molecule has 0 saturated heterocycles. The molecular formula is C16H18O2S. The maximum absolute atomic E-state index is 12.1. The van der Waals surface area contributed by atoms with Crippen LogP contribution < -0.4 is 0 Å². The fourth-order valence-corrected chi connectivity index (χ4v) is 3.05. The number of benzene rings is 1. The Bertz CT molecular complexity index is 600. The van der Waals surface area contributed by atoms with Crippen molar-refractivity contribution >= 4 is 27.4 Å². The van der Waals surface area contributed by atoms with Gasteiger partial charge in [0.2, 0.25) is 0 Å². The van der Waals surface area contributed by atoms with Crippen molar-refractivity contribution in [2.24, 2.45) is 5.41 Å². The summed E-state index contributed by atoms with van der Waals surface area (Å²) in [5, 5.41) is 3.33. The Balaban J connectivity index is 2.32. The molecule has 0 saturated carbocycles. The molecule has 0 radical (unpaired) electrons. The number of carbonyl (C=O) groups excluding carboxylic acids is 1. The maximum atomic E-state index is 12.1. The van der Waals surface area contributed by atoms with Gasteiger partial charge in [-0.25, -0.2) is 0 Å². The van der Waals surface area contributed by atoms with Crippen LogP contribution in [-0.2, 0) is 16.0 Å². The lowest BCUT2D eigenvalue weighted by Crippen LogP contribution is -2.30. The molecule has 0 aliphatic rings. The van der Waals surface area contributed by atoms with Crippen molar-refractivity contribution in [1.82, 2.24) is 0 Å². The highest BCUT2D eigenvalue weighted by molar-refractivity contribution is 7.17. The highest BCUT2D eigenvalue weighted by Gasteiger charge is 2.32. The number of carbonyl (C=O) groups is 1. The van der Waals surface area contributed by atoms with Gasteiger partial charge in [-0.15, -0.1) is 17.9 Å². The van der Waals surface area contributed by atoms with E-state index < -0.39 is 5.41 Å². The minimum Gasteiger partial charge on any atom is -0.465 e. The molecule has 2 nitrogen and oxygen atoms in total. The summed E-state index contributed by atoms with van der Waals surface area (Å²) in [5.41, 5.74) is 0.510. The summed E-state index contributed by atoms with van der Waals surface area (Å²) in [7, 11) is 0. The Labute approximate surface area is 117 Å². The molecule has 0 aliphatic heterocycles. The molecule has 1 aromatic heterocycles. The fourth-order valence-electron chi connectivity index (χ4n) is 2.09. The van der Waals surface area contributed by atoms with Crippen LogP contribution in [0.1, 0.15) is 19.4 Å². The first kappa shape index (κ1) is 13.8. The number of thiophene rings is 1. The van der Waals surface area contributed by atoms with Crippen LogP contribution in [0.4, 0.5) is 0 Å². The third kappa shape index (κ3) is 2.71. The topological polar surface area (TPSA) is 26.3 Å². The summed E-state index contributed by atoms with van der Waals surface area (Å²) in [6.07, 6.45) is 2.32. The van der Waals surface area contributed by atoms with E-state index >= 15 is 0 Å². The smallest absolute Gasteiger partial charge is 0.315 e. The molecular weight excluding hydrogens is 256 g/mol. The van der Waals surface area contributed by atoms with Crippen molar-refractivity contribution < 1.29 is 9.53 Å². The second-order valence-corrected chi connectivity index (χ2v) is 5.69. The molecule has 0 spiro atoms. The summed E-state index contributed by atoms with van der Waals surface area (Å²) in [6, 6.07) is 8.24. The van der Waals surface area contributed by atoms with Crippen LogP contribution in [0.2, 0.25) is 0 Å². The third-order valence-corrected chi connectivity index (χ3v) is 4.32. The molecule has 0 N–H and O–H groups in total. The second-order valence-electron chi connectivity index (χ2n) is 4.78. The van der Waals surface area contributed by atoms with Crippen LogP contribution in [0.5, 0.6) is 0 Å². The summed E-state index contributed by atoms with van der Waals surface area (Å²) >= 11 is 1.70. The molecule has 1 atom stereocenters. The Morgan fingerprint density at radius 1 is 1.47 bits per heavy atom. The lowest BCUT2D eigenvalue weighted by Gasteiger charge is -2.23. The van der Waals surface area contributed by atoms with Gasteiger partial charge in [-0.05, 0) is 42.7 Å². The molecule has 19 heavy (non-hydrogen) atoms. The second kappa shape index (κ2) is 5.57. The minimum atomic E-state index is -0.667. The van der Waals surface area contributed by atoms with Gasteiger partial charge < -0.3 is 4.74 Å². The largest absolute Gasteiger partial charge is 0.465 e. The van der Waals surface area contributed by atoms with Crippen molar-refractivity contribution in [2.45, 2.75) is 20.3 Å². The summed E-state index contributed by atoms with van der Waals surface area (Å²) < 4.78 is 6.40. The number of esters is 1. The van der Waals surface area contributed by atoms with Gasteiger partial charge in [-0.1, -0.05) is 24.3 Å². The van der Waals surface area contributed by atoms with Gasteiger partial charge in [-0.3, -0.25) is 4.79 Å². The molecule has 2 rings (SSSR count). The van der Waals surface area contributed by atoms with Gasteiger partial charge >= 0.3 is 5.97 Å². The molecule has 1 heterocycles. The van der Waals surface area contributed by atoms with E-state index in [2.05, 4.69) is 24.1 Å². The van der Waals surface area contributed by atoms with E-state index in [4.69, 9.17) is 4.74 Å². The van der Waals surface area contributed by atoms with Crippen molar-refractivity contribution in [3.63, 3.8) is 0 Å². The lowest BCUT2D eigenvalue weighted by atomic mass is 9.83. The molecule has 1 aromatic carbocycles. The molecule has 0 aliphatic carbocycles. The van der Waals surface area contributed by atoms with Crippen molar-refractivity contribution in [3.8, 4) is 0 Å². The normalized spacial score (nSPS) is 14.0. The molecule has 3 heteroatoms. The Kier molecular flexibility index (Phi) is 4.05. The zero-order chi connectivity index (χ0) is 13.9. The van der Waals surface area contributed by atoms with Crippen molar-refractivity contribution in [2.75, 3.05) is 6.61 Å².